The van der Waals surface area contributed by atoms with Gasteiger partial charge in [-0.1, -0.05) is 12.1 Å². The zero-order valence-electron chi connectivity index (χ0n) is 11.5. The second kappa shape index (κ2) is 5.85. The first-order valence-electron chi connectivity index (χ1n) is 6.23. The highest BCUT2D eigenvalue weighted by atomic mass is 32.2. The van der Waals surface area contributed by atoms with E-state index < -0.39 is 10.0 Å². The maximum Gasteiger partial charge on any atom is 0.239 e. The summed E-state index contributed by atoms with van der Waals surface area (Å²) in [5.41, 5.74) is 7.82. The molecule has 0 atom stereocenters. The van der Waals surface area contributed by atoms with E-state index in [1.54, 1.807) is 48.5 Å². The van der Waals surface area contributed by atoms with E-state index in [0.29, 0.717) is 22.5 Å². The summed E-state index contributed by atoms with van der Waals surface area (Å²) in [7, 11) is -2.02. The fraction of sp³-hybridized carbons (Fsp3) is 0.133. The van der Waals surface area contributed by atoms with Crippen molar-refractivity contribution in [2.75, 3.05) is 17.1 Å². The van der Waals surface area contributed by atoms with Crippen molar-refractivity contribution in [3.8, 4) is 6.07 Å². The highest BCUT2D eigenvalue weighted by molar-refractivity contribution is 7.92. The molecule has 0 aromatic heterocycles. The first-order valence-corrected chi connectivity index (χ1v) is 7.84. The molecule has 2 aromatic rings. The Hall–Kier alpha value is -2.52. The van der Waals surface area contributed by atoms with Crippen molar-refractivity contribution in [2.45, 2.75) is 5.75 Å². The molecule has 0 saturated carbocycles. The average Bonchev–Trinajstić information content (AvgIpc) is 2.46. The largest absolute Gasteiger partial charge is 0.399 e. The smallest absolute Gasteiger partial charge is 0.239 e. The van der Waals surface area contributed by atoms with Crippen LogP contribution in [0.1, 0.15) is 11.1 Å². The van der Waals surface area contributed by atoms with Crippen LogP contribution in [0, 0.1) is 11.3 Å². The number of nitrogen functional groups attached to an aromatic ring is 1. The molecule has 0 unspecified atom stereocenters. The van der Waals surface area contributed by atoms with Crippen LogP contribution in [0.3, 0.4) is 0 Å². The normalized spacial score (nSPS) is 10.9. The molecule has 108 valence electrons. The van der Waals surface area contributed by atoms with Crippen molar-refractivity contribution in [1.29, 1.82) is 5.26 Å². The lowest BCUT2D eigenvalue weighted by molar-refractivity contribution is 0.593. The Kier molecular flexibility index (Phi) is 4.15. The Morgan fingerprint density at radius 1 is 1.19 bits per heavy atom. The van der Waals surface area contributed by atoms with Crippen LogP contribution in [0.15, 0.2) is 48.5 Å². The molecule has 6 heteroatoms. The van der Waals surface area contributed by atoms with Gasteiger partial charge in [0.15, 0.2) is 0 Å². The fourth-order valence-corrected chi connectivity index (χ4v) is 3.13. The van der Waals surface area contributed by atoms with Crippen LogP contribution >= 0.6 is 0 Å². The van der Waals surface area contributed by atoms with Gasteiger partial charge in [-0.2, -0.15) is 5.26 Å². The molecule has 2 rings (SSSR count). The third-order valence-corrected chi connectivity index (χ3v) is 4.82. The summed E-state index contributed by atoms with van der Waals surface area (Å²) in [6.45, 7) is 0. The molecule has 0 bridgehead atoms. The van der Waals surface area contributed by atoms with Gasteiger partial charge in [-0.15, -0.1) is 0 Å². The summed E-state index contributed by atoms with van der Waals surface area (Å²) in [6.07, 6.45) is 0. The lowest BCUT2D eigenvalue weighted by atomic mass is 10.2. The molecule has 0 radical (unpaired) electrons. The Morgan fingerprint density at radius 2 is 1.86 bits per heavy atom. The number of nitriles is 1. The fourth-order valence-electron chi connectivity index (χ4n) is 1.90. The highest BCUT2D eigenvalue weighted by Crippen LogP contribution is 2.20. The number of rotatable bonds is 4. The molecule has 0 saturated heterocycles. The number of sulfonamides is 1. The first-order chi connectivity index (χ1) is 9.92. The number of benzene rings is 2. The highest BCUT2D eigenvalue weighted by Gasteiger charge is 2.19. The van der Waals surface area contributed by atoms with Gasteiger partial charge in [0.25, 0.3) is 0 Å². The van der Waals surface area contributed by atoms with Gasteiger partial charge < -0.3 is 5.73 Å². The average molecular weight is 301 g/mol. The van der Waals surface area contributed by atoms with Gasteiger partial charge in [0.2, 0.25) is 10.0 Å². The van der Waals surface area contributed by atoms with Gasteiger partial charge in [-0.25, -0.2) is 8.42 Å². The summed E-state index contributed by atoms with van der Waals surface area (Å²) in [5, 5.41) is 8.75. The maximum atomic E-state index is 12.4. The summed E-state index contributed by atoms with van der Waals surface area (Å²) < 4.78 is 26.0. The molecule has 0 spiro atoms. The van der Waals surface area contributed by atoms with E-state index in [1.807, 2.05) is 6.07 Å². The van der Waals surface area contributed by atoms with E-state index in [2.05, 4.69) is 0 Å². The van der Waals surface area contributed by atoms with E-state index in [0.717, 1.165) is 0 Å². The SMILES string of the molecule is CN(c1ccc(C#N)cc1)S(=O)(=O)Cc1cccc(N)c1. The Bertz CT molecular complexity index is 777. The number of nitrogens with two attached hydrogens (primary N) is 1. The number of hydrogen-bond acceptors (Lipinski definition) is 4. The van der Waals surface area contributed by atoms with E-state index in [4.69, 9.17) is 11.0 Å². The summed E-state index contributed by atoms with van der Waals surface area (Å²) in [6, 6.07) is 15.2. The van der Waals surface area contributed by atoms with Crippen molar-refractivity contribution in [3.05, 3.63) is 59.7 Å². The monoisotopic (exact) mass is 301 g/mol. The summed E-state index contributed by atoms with van der Waals surface area (Å²) in [5.74, 6) is -0.130. The van der Waals surface area contributed by atoms with Crippen molar-refractivity contribution in [2.24, 2.45) is 0 Å². The van der Waals surface area contributed by atoms with Crippen LogP contribution in [0.25, 0.3) is 0 Å². The second-order valence-corrected chi connectivity index (χ2v) is 6.63. The van der Waals surface area contributed by atoms with Crippen LogP contribution in [-0.4, -0.2) is 15.5 Å². The molecule has 0 aliphatic heterocycles. The molecule has 2 aromatic carbocycles. The van der Waals surface area contributed by atoms with Gasteiger partial charge in [-0.05, 0) is 42.0 Å². The van der Waals surface area contributed by atoms with Gasteiger partial charge in [0.05, 0.1) is 23.1 Å². The second-order valence-electron chi connectivity index (χ2n) is 4.63. The third kappa shape index (κ3) is 3.52. The van der Waals surface area contributed by atoms with Crippen molar-refractivity contribution in [3.63, 3.8) is 0 Å². The standard InChI is InChI=1S/C15H15N3O2S/c1-18(15-7-5-12(10-16)6-8-15)21(19,20)11-13-3-2-4-14(17)9-13/h2-9H,11,17H2,1H3. The molecule has 21 heavy (non-hydrogen) atoms. The summed E-state index contributed by atoms with van der Waals surface area (Å²) >= 11 is 0. The first kappa shape index (κ1) is 14.9. The van der Waals surface area contributed by atoms with Crippen molar-refractivity contribution >= 4 is 21.4 Å². The van der Waals surface area contributed by atoms with Crippen LogP contribution < -0.4 is 10.0 Å². The lowest BCUT2D eigenvalue weighted by Crippen LogP contribution is -2.27. The van der Waals surface area contributed by atoms with E-state index in [9.17, 15) is 8.42 Å². The van der Waals surface area contributed by atoms with Crippen molar-refractivity contribution < 1.29 is 8.42 Å². The van der Waals surface area contributed by atoms with Crippen LogP contribution in [0.2, 0.25) is 0 Å². The van der Waals surface area contributed by atoms with E-state index in [1.165, 1.54) is 11.4 Å². The molecular weight excluding hydrogens is 286 g/mol. The van der Waals surface area contributed by atoms with Crippen LogP contribution in [-0.2, 0) is 15.8 Å². The minimum absolute atomic E-state index is 0.130. The Balaban J connectivity index is 2.24. The van der Waals surface area contributed by atoms with Gasteiger partial charge in [-0.3, -0.25) is 4.31 Å². The third-order valence-electron chi connectivity index (χ3n) is 3.08. The number of nitrogens with zero attached hydrogens (tertiary/aromatic N) is 2. The Labute approximate surface area is 124 Å². The van der Waals surface area contributed by atoms with Crippen LogP contribution in [0.4, 0.5) is 11.4 Å². The Morgan fingerprint density at radius 3 is 2.43 bits per heavy atom. The zero-order valence-corrected chi connectivity index (χ0v) is 12.3. The van der Waals surface area contributed by atoms with E-state index >= 15 is 0 Å². The molecule has 0 aliphatic carbocycles. The predicted molar refractivity (Wildman–Crippen MR) is 83.0 cm³/mol. The maximum absolute atomic E-state index is 12.4. The molecule has 0 heterocycles. The molecule has 0 amide bonds. The lowest BCUT2D eigenvalue weighted by Gasteiger charge is -2.19. The van der Waals surface area contributed by atoms with E-state index in [-0.39, 0.29) is 5.75 Å². The zero-order chi connectivity index (χ0) is 15.5. The van der Waals surface area contributed by atoms with Crippen LogP contribution in [0.5, 0.6) is 0 Å². The molecular formula is C15H15N3O2S. The predicted octanol–water partition coefficient (Wildman–Crippen LogP) is 2.11. The van der Waals surface area contributed by atoms with Gasteiger partial charge in [0, 0.05) is 12.7 Å². The minimum Gasteiger partial charge on any atom is -0.399 e. The topological polar surface area (TPSA) is 87.2 Å². The van der Waals surface area contributed by atoms with Crippen molar-refractivity contribution in [1.82, 2.24) is 0 Å². The summed E-state index contributed by atoms with van der Waals surface area (Å²) in [4.78, 5) is 0. The number of anilines is 2. The van der Waals surface area contributed by atoms with Gasteiger partial charge >= 0.3 is 0 Å². The molecule has 5 nitrogen and oxygen atoms in total. The molecule has 0 fully saturated rings. The quantitative estimate of drug-likeness (QED) is 0.876. The molecule has 0 aliphatic rings. The number of hydrogen-bond donors (Lipinski definition) is 1. The minimum atomic E-state index is -3.51. The molecule has 2 N–H and O–H groups in total. The van der Waals surface area contributed by atoms with Gasteiger partial charge in [0.1, 0.15) is 0 Å².